The summed E-state index contributed by atoms with van der Waals surface area (Å²) in [6.07, 6.45) is 4.48. The van der Waals surface area contributed by atoms with Crippen molar-refractivity contribution < 1.29 is 13.9 Å². The first-order valence-corrected chi connectivity index (χ1v) is 13.1. The van der Waals surface area contributed by atoms with Gasteiger partial charge in [0.15, 0.2) is 8.32 Å². The molecule has 0 amide bonds. The highest BCUT2D eigenvalue weighted by Crippen LogP contribution is 2.37. The number of hydrogen-bond donors (Lipinski definition) is 0. The fourth-order valence-electron chi connectivity index (χ4n) is 2.44. The van der Waals surface area contributed by atoms with E-state index in [0.717, 1.165) is 25.2 Å². The summed E-state index contributed by atoms with van der Waals surface area (Å²) in [5.74, 6) is 1.33. The van der Waals surface area contributed by atoms with Crippen LogP contribution in [0.3, 0.4) is 0 Å². The topological polar surface area (TPSA) is 27.7 Å². The van der Waals surface area contributed by atoms with Crippen molar-refractivity contribution in [3.05, 3.63) is 41.5 Å². The van der Waals surface area contributed by atoms with E-state index in [2.05, 4.69) is 65.9 Å². The van der Waals surface area contributed by atoms with E-state index in [4.69, 9.17) is 13.9 Å². The third-order valence-corrected chi connectivity index (χ3v) is 10.1. The summed E-state index contributed by atoms with van der Waals surface area (Å²) in [5.41, 5.74) is 2.52. The highest BCUT2D eigenvalue weighted by molar-refractivity contribution is 6.74. The zero-order valence-corrected chi connectivity index (χ0v) is 19.7. The van der Waals surface area contributed by atoms with Crippen LogP contribution in [0.25, 0.3) is 0 Å². The molecule has 154 valence electrons. The zero-order chi connectivity index (χ0) is 20.5. The molecule has 0 bridgehead atoms. The number of hydrogen-bond acceptors (Lipinski definition) is 3. The maximum atomic E-state index is 6.43. The first-order valence-electron chi connectivity index (χ1n) is 10.2. The molecule has 0 saturated carbocycles. The quantitative estimate of drug-likeness (QED) is 0.314. The molecule has 0 heterocycles. The third kappa shape index (κ3) is 8.20. The van der Waals surface area contributed by atoms with Gasteiger partial charge in [0, 0.05) is 6.61 Å². The fraction of sp³-hybridized carbons (Fsp3) is 0.652. The molecule has 0 N–H and O–H groups in total. The average Bonchev–Trinajstić information content (AvgIpc) is 2.63. The van der Waals surface area contributed by atoms with Gasteiger partial charge in [-0.05, 0) is 60.2 Å². The van der Waals surface area contributed by atoms with E-state index < -0.39 is 8.32 Å². The van der Waals surface area contributed by atoms with Gasteiger partial charge in [0.2, 0.25) is 0 Å². The minimum absolute atomic E-state index is 0.254. The lowest BCUT2D eigenvalue weighted by atomic mass is 10.0. The summed E-state index contributed by atoms with van der Waals surface area (Å²) >= 11 is 0. The van der Waals surface area contributed by atoms with Crippen LogP contribution in [0, 0.1) is 5.92 Å². The highest BCUT2D eigenvalue weighted by Gasteiger charge is 2.37. The second kappa shape index (κ2) is 11.0. The Bertz CT molecular complexity index is 570. The summed E-state index contributed by atoms with van der Waals surface area (Å²) in [6.45, 7) is 18.1. The Hall–Kier alpha value is -1.10. The van der Waals surface area contributed by atoms with Crippen LogP contribution >= 0.6 is 0 Å². The molecule has 1 aromatic carbocycles. The van der Waals surface area contributed by atoms with E-state index in [1.54, 1.807) is 7.11 Å². The van der Waals surface area contributed by atoms with Gasteiger partial charge in [0.25, 0.3) is 0 Å². The summed E-state index contributed by atoms with van der Waals surface area (Å²) in [5, 5.41) is 0.254. The van der Waals surface area contributed by atoms with Gasteiger partial charge in [-0.1, -0.05) is 52.8 Å². The molecule has 0 aromatic heterocycles. The Morgan fingerprint density at radius 3 is 2.22 bits per heavy atom. The van der Waals surface area contributed by atoms with E-state index in [-0.39, 0.29) is 5.04 Å². The molecular formula is C23H40O3Si. The van der Waals surface area contributed by atoms with Crippen molar-refractivity contribution in [1.29, 1.82) is 0 Å². The molecule has 0 spiro atoms. The Morgan fingerprint density at radius 2 is 1.74 bits per heavy atom. The van der Waals surface area contributed by atoms with Gasteiger partial charge in [0.1, 0.15) is 5.75 Å². The first-order chi connectivity index (χ1) is 12.6. The summed E-state index contributed by atoms with van der Waals surface area (Å²) in [6, 6.07) is 8.05. The van der Waals surface area contributed by atoms with Crippen LogP contribution in [0.5, 0.6) is 5.75 Å². The summed E-state index contributed by atoms with van der Waals surface area (Å²) in [7, 11) is -0.00999. The Kier molecular flexibility index (Phi) is 9.78. The van der Waals surface area contributed by atoms with Crippen LogP contribution in [0.4, 0.5) is 0 Å². The van der Waals surface area contributed by atoms with E-state index in [1.807, 2.05) is 12.1 Å². The van der Waals surface area contributed by atoms with Crippen molar-refractivity contribution >= 4 is 8.32 Å². The molecule has 3 nitrogen and oxygen atoms in total. The van der Waals surface area contributed by atoms with Crippen LogP contribution in [0.2, 0.25) is 18.1 Å². The standard InChI is InChI=1S/C23H40O3Si/c1-9-19(16-25-17-21-11-13-22(24-6)14-12-21)15-20(10-2)18-26-27(7,8)23(3,4)5/h11-15,20H,9-10,16-18H2,1-8H3/b19-15+/t20-/m0/s1. The van der Waals surface area contributed by atoms with Crippen LogP contribution in [-0.4, -0.2) is 28.6 Å². The lowest BCUT2D eigenvalue weighted by molar-refractivity contribution is 0.140. The predicted octanol–water partition coefficient (Wildman–Crippen LogP) is 6.60. The van der Waals surface area contributed by atoms with Crippen LogP contribution in [0.15, 0.2) is 35.9 Å². The number of rotatable bonds is 11. The van der Waals surface area contributed by atoms with Gasteiger partial charge >= 0.3 is 0 Å². The smallest absolute Gasteiger partial charge is 0.192 e. The third-order valence-electron chi connectivity index (χ3n) is 5.63. The molecule has 0 aliphatic carbocycles. The van der Waals surface area contributed by atoms with Crippen LogP contribution in [0.1, 0.15) is 53.0 Å². The van der Waals surface area contributed by atoms with Crippen molar-refractivity contribution in [2.24, 2.45) is 5.92 Å². The largest absolute Gasteiger partial charge is 0.497 e. The van der Waals surface area contributed by atoms with E-state index >= 15 is 0 Å². The summed E-state index contributed by atoms with van der Waals surface area (Å²) in [4.78, 5) is 0. The van der Waals surface area contributed by atoms with E-state index in [9.17, 15) is 0 Å². The van der Waals surface area contributed by atoms with Crippen molar-refractivity contribution in [2.45, 2.75) is 72.2 Å². The molecule has 1 atom stereocenters. The molecule has 0 unspecified atom stereocenters. The molecule has 0 fully saturated rings. The molecule has 0 saturated heterocycles. The molecule has 4 heteroatoms. The lowest BCUT2D eigenvalue weighted by Crippen LogP contribution is -2.41. The molecular weight excluding hydrogens is 352 g/mol. The minimum Gasteiger partial charge on any atom is -0.497 e. The van der Waals surface area contributed by atoms with E-state index in [0.29, 0.717) is 19.1 Å². The van der Waals surface area contributed by atoms with Gasteiger partial charge in [-0.15, -0.1) is 0 Å². The number of benzene rings is 1. The molecule has 0 aliphatic rings. The molecule has 1 aromatic rings. The predicted molar refractivity (Wildman–Crippen MR) is 118 cm³/mol. The highest BCUT2D eigenvalue weighted by atomic mass is 28.4. The minimum atomic E-state index is -1.69. The normalized spacial score (nSPS) is 14.3. The van der Waals surface area contributed by atoms with Gasteiger partial charge in [0.05, 0.1) is 20.3 Å². The molecule has 1 rings (SSSR count). The SMILES string of the molecule is CC/C(=C\[C@H](CC)CO[Si](C)(C)C(C)(C)C)COCc1ccc(OC)cc1. The number of methoxy groups -OCH3 is 1. The van der Waals surface area contributed by atoms with Gasteiger partial charge in [-0.2, -0.15) is 0 Å². The summed E-state index contributed by atoms with van der Waals surface area (Å²) < 4.78 is 17.6. The lowest BCUT2D eigenvalue weighted by Gasteiger charge is -2.37. The van der Waals surface area contributed by atoms with Gasteiger partial charge in [-0.3, -0.25) is 0 Å². The van der Waals surface area contributed by atoms with Crippen molar-refractivity contribution in [2.75, 3.05) is 20.3 Å². The van der Waals surface area contributed by atoms with Gasteiger partial charge < -0.3 is 13.9 Å². The monoisotopic (exact) mass is 392 g/mol. The Morgan fingerprint density at radius 1 is 1.11 bits per heavy atom. The van der Waals surface area contributed by atoms with E-state index in [1.165, 1.54) is 11.1 Å². The molecule has 0 aliphatic heterocycles. The van der Waals surface area contributed by atoms with Crippen LogP contribution in [-0.2, 0) is 15.8 Å². The van der Waals surface area contributed by atoms with Crippen LogP contribution < -0.4 is 4.74 Å². The molecule has 0 radical (unpaired) electrons. The Labute approximate surface area is 168 Å². The fourth-order valence-corrected chi connectivity index (χ4v) is 3.50. The second-order valence-electron chi connectivity index (χ2n) is 8.76. The zero-order valence-electron chi connectivity index (χ0n) is 18.7. The van der Waals surface area contributed by atoms with Crippen molar-refractivity contribution in [3.63, 3.8) is 0 Å². The number of ether oxygens (including phenoxy) is 2. The van der Waals surface area contributed by atoms with Crippen molar-refractivity contribution in [3.8, 4) is 5.75 Å². The maximum Gasteiger partial charge on any atom is 0.192 e. The Balaban J connectivity index is 2.56. The average molecular weight is 393 g/mol. The first kappa shape index (κ1) is 23.9. The van der Waals surface area contributed by atoms with Gasteiger partial charge in [-0.25, -0.2) is 0 Å². The maximum absolute atomic E-state index is 6.43. The molecule has 27 heavy (non-hydrogen) atoms. The van der Waals surface area contributed by atoms with Crippen molar-refractivity contribution in [1.82, 2.24) is 0 Å². The second-order valence-corrected chi connectivity index (χ2v) is 13.6.